The number of nitrogens with zero attached hydrogens (tertiary/aromatic N) is 2. The first-order chi connectivity index (χ1) is 13.9. The lowest BCUT2D eigenvalue weighted by atomic mass is 10.0. The molecule has 2 heterocycles. The average Bonchev–Trinajstić information content (AvgIpc) is 3.21. The van der Waals surface area contributed by atoms with Gasteiger partial charge >= 0.3 is 0 Å². The molecule has 0 radical (unpaired) electrons. The van der Waals surface area contributed by atoms with Crippen molar-refractivity contribution in [2.24, 2.45) is 0 Å². The van der Waals surface area contributed by atoms with Gasteiger partial charge in [-0.15, -0.1) is 11.8 Å². The first kappa shape index (κ1) is 19.8. The number of halogens is 2. The first-order valence-corrected chi connectivity index (χ1v) is 10.2. The zero-order chi connectivity index (χ0) is 20.8. The van der Waals surface area contributed by atoms with Crippen LogP contribution in [0.1, 0.15) is 16.7 Å². The van der Waals surface area contributed by atoms with Gasteiger partial charge in [-0.3, -0.25) is 9.59 Å². The highest BCUT2D eigenvalue weighted by Gasteiger charge is 2.59. The molecular weight excluding hydrogens is 398 g/mol. The summed E-state index contributed by atoms with van der Waals surface area (Å²) < 4.78 is 32.6. The van der Waals surface area contributed by atoms with Crippen LogP contribution >= 0.6 is 11.8 Å². The molecule has 2 aliphatic rings. The second-order valence-corrected chi connectivity index (χ2v) is 8.41. The van der Waals surface area contributed by atoms with E-state index >= 15 is 0 Å². The lowest BCUT2D eigenvalue weighted by Crippen LogP contribution is -2.51. The number of carbonyl (C=O) groups excluding carboxylic acids is 2. The van der Waals surface area contributed by atoms with E-state index in [2.05, 4.69) is 0 Å². The SMILES string of the molecule is COCC(=O)N1CCSC12C(=O)N(Cc1ccc(F)cc1F)c1ccc(C)cc12. The maximum absolute atomic E-state index is 14.3. The maximum atomic E-state index is 14.3. The monoisotopic (exact) mass is 418 g/mol. The van der Waals surface area contributed by atoms with Gasteiger partial charge in [0.25, 0.3) is 5.91 Å². The number of amides is 2. The second-order valence-electron chi connectivity index (χ2n) is 7.12. The molecule has 0 aromatic heterocycles. The van der Waals surface area contributed by atoms with E-state index in [-0.39, 0.29) is 30.5 Å². The Hall–Kier alpha value is -2.45. The average molecular weight is 418 g/mol. The smallest absolute Gasteiger partial charge is 0.268 e. The summed E-state index contributed by atoms with van der Waals surface area (Å²) in [6.45, 7) is 2.17. The van der Waals surface area contributed by atoms with Crippen molar-refractivity contribution in [2.75, 3.05) is 30.9 Å². The van der Waals surface area contributed by atoms with Crippen molar-refractivity contribution < 1.29 is 23.1 Å². The predicted molar refractivity (Wildman–Crippen MR) is 106 cm³/mol. The van der Waals surface area contributed by atoms with Crippen LogP contribution in [0.4, 0.5) is 14.5 Å². The number of fused-ring (bicyclic) bond motifs is 2. The summed E-state index contributed by atoms with van der Waals surface area (Å²) in [4.78, 5) is 28.2. The fraction of sp³-hybridized carbons (Fsp3) is 0.333. The number of methoxy groups -OCH3 is 1. The van der Waals surface area contributed by atoms with Crippen LogP contribution in [0.25, 0.3) is 0 Å². The Morgan fingerprint density at radius 1 is 1.24 bits per heavy atom. The van der Waals surface area contributed by atoms with Crippen LogP contribution in [-0.2, 0) is 25.7 Å². The number of hydrogen-bond acceptors (Lipinski definition) is 4. The number of carbonyl (C=O) groups is 2. The zero-order valence-corrected chi connectivity index (χ0v) is 16.9. The molecule has 2 aliphatic heterocycles. The van der Waals surface area contributed by atoms with Gasteiger partial charge in [-0.1, -0.05) is 23.8 Å². The van der Waals surface area contributed by atoms with E-state index in [1.54, 1.807) is 4.90 Å². The van der Waals surface area contributed by atoms with Gasteiger partial charge in [0.05, 0.1) is 12.2 Å². The van der Waals surface area contributed by atoms with E-state index in [9.17, 15) is 18.4 Å². The molecule has 0 aliphatic carbocycles. The number of anilines is 1. The van der Waals surface area contributed by atoms with E-state index < -0.39 is 16.5 Å². The van der Waals surface area contributed by atoms with Crippen LogP contribution in [0.3, 0.4) is 0 Å². The van der Waals surface area contributed by atoms with E-state index in [4.69, 9.17) is 4.74 Å². The van der Waals surface area contributed by atoms with Crippen molar-refractivity contribution in [3.63, 3.8) is 0 Å². The fourth-order valence-electron chi connectivity index (χ4n) is 3.96. The number of ether oxygens (including phenoxy) is 1. The molecular formula is C21H20F2N2O3S. The third-order valence-corrected chi connectivity index (χ3v) is 6.68. The summed E-state index contributed by atoms with van der Waals surface area (Å²) in [6.07, 6.45) is 0. The predicted octanol–water partition coefficient (Wildman–Crippen LogP) is 3.19. The molecule has 8 heteroatoms. The van der Waals surface area contributed by atoms with Crippen LogP contribution in [-0.4, -0.2) is 42.7 Å². The third kappa shape index (κ3) is 3.11. The van der Waals surface area contributed by atoms with Crippen molar-refractivity contribution in [3.8, 4) is 0 Å². The van der Waals surface area contributed by atoms with Crippen LogP contribution in [0.5, 0.6) is 0 Å². The molecule has 1 saturated heterocycles. The van der Waals surface area contributed by atoms with Gasteiger partial charge in [-0.05, 0) is 19.1 Å². The van der Waals surface area contributed by atoms with Crippen LogP contribution in [0, 0.1) is 18.6 Å². The van der Waals surface area contributed by atoms with Crippen molar-refractivity contribution in [3.05, 3.63) is 64.7 Å². The Bertz CT molecular complexity index is 1000. The van der Waals surface area contributed by atoms with Crippen molar-refractivity contribution >= 4 is 29.3 Å². The van der Waals surface area contributed by atoms with Crippen molar-refractivity contribution in [2.45, 2.75) is 18.3 Å². The summed E-state index contributed by atoms with van der Waals surface area (Å²) in [5, 5.41) is 0. The number of aryl methyl sites for hydroxylation is 1. The Morgan fingerprint density at radius 3 is 2.76 bits per heavy atom. The quantitative estimate of drug-likeness (QED) is 0.765. The van der Waals surface area contributed by atoms with Gasteiger partial charge in [0, 0.05) is 36.6 Å². The minimum atomic E-state index is -1.19. The van der Waals surface area contributed by atoms with Gasteiger partial charge < -0.3 is 14.5 Å². The molecule has 0 saturated carbocycles. The molecule has 5 nitrogen and oxygen atoms in total. The first-order valence-electron chi connectivity index (χ1n) is 9.19. The van der Waals surface area contributed by atoms with E-state index in [1.807, 2.05) is 25.1 Å². The molecule has 1 spiro atoms. The fourth-order valence-corrected chi connectivity index (χ4v) is 5.43. The summed E-state index contributed by atoms with van der Waals surface area (Å²) in [7, 11) is 1.44. The third-order valence-electron chi connectivity index (χ3n) is 5.26. The number of rotatable bonds is 4. The van der Waals surface area contributed by atoms with E-state index in [0.717, 1.165) is 17.2 Å². The van der Waals surface area contributed by atoms with Crippen LogP contribution in [0.15, 0.2) is 36.4 Å². The number of benzene rings is 2. The minimum absolute atomic E-state index is 0.0460. The highest BCUT2D eigenvalue weighted by Crippen LogP contribution is 2.54. The zero-order valence-electron chi connectivity index (χ0n) is 16.1. The van der Waals surface area contributed by atoms with E-state index in [0.29, 0.717) is 18.0 Å². The Kier molecular flexibility index (Phi) is 5.08. The molecule has 2 amide bonds. The van der Waals surface area contributed by atoms with Crippen LogP contribution < -0.4 is 4.90 Å². The lowest BCUT2D eigenvalue weighted by molar-refractivity contribution is -0.143. The number of thioether (sulfide) groups is 1. The maximum Gasteiger partial charge on any atom is 0.268 e. The van der Waals surface area contributed by atoms with Gasteiger partial charge in [0.1, 0.15) is 18.2 Å². The summed E-state index contributed by atoms with van der Waals surface area (Å²) in [6, 6.07) is 8.91. The molecule has 1 unspecified atom stereocenters. The summed E-state index contributed by atoms with van der Waals surface area (Å²) >= 11 is 1.40. The van der Waals surface area contributed by atoms with Gasteiger partial charge in [0.15, 0.2) is 4.87 Å². The van der Waals surface area contributed by atoms with Gasteiger partial charge in [-0.25, -0.2) is 8.78 Å². The highest BCUT2D eigenvalue weighted by molar-refractivity contribution is 8.01. The standard InChI is InChI=1S/C21H20F2N2O3S/c1-13-3-6-18-16(9-13)21(25(7-8-29-21)19(26)12-28-2)20(27)24(18)11-14-4-5-15(22)10-17(14)23/h3-6,9-10H,7-8,11-12H2,1-2H3. The summed E-state index contributed by atoms with van der Waals surface area (Å²) in [5.74, 6) is -1.34. The van der Waals surface area contributed by atoms with E-state index in [1.165, 1.54) is 35.9 Å². The number of hydrogen-bond donors (Lipinski definition) is 0. The molecule has 4 rings (SSSR count). The largest absolute Gasteiger partial charge is 0.375 e. The van der Waals surface area contributed by atoms with Crippen molar-refractivity contribution in [1.29, 1.82) is 0 Å². The molecule has 1 fully saturated rings. The molecule has 2 aromatic rings. The normalized spacial score (nSPS) is 20.6. The Morgan fingerprint density at radius 2 is 2.03 bits per heavy atom. The lowest BCUT2D eigenvalue weighted by Gasteiger charge is -2.33. The molecule has 0 bridgehead atoms. The second kappa shape index (κ2) is 7.42. The Labute approximate surface area is 171 Å². The van der Waals surface area contributed by atoms with Crippen LogP contribution in [0.2, 0.25) is 0 Å². The topological polar surface area (TPSA) is 49.9 Å². The molecule has 0 N–H and O–H groups in total. The van der Waals surface area contributed by atoms with Gasteiger partial charge in [-0.2, -0.15) is 0 Å². The van der Waals surface area contributed by atoms with Gasteiger partial charge in [0.2, 0.25) is 5.91 Å². The molecule has 1 atom stereocenters. The molecule has 152 valence electrons. The Balaban J connectivity index is 1.80. The molecule has 29 heavy (non-hydrogen) atoms. The summed E-state index contributed by atoms with van der Waals surface area (Å²) in [5.41, 5.74) is 2.52. The molecule has 2 aromatic carbocycles. The minimum Gasteiger partial charge on any atom is -0.375 e. The highest BCUT2D eigenvalue weighted by atomic mass is 32.2. The van der Waals surface area contributed by atoms with Crippen molar-refractivity contribution in [1.82, 2.24) is 4.90 Å².